The van der Waals surface area contributed by atoms with Crippen molar-refractivity contribution in [2.45, 2.75) is 0 Å². The molecule has 0 aliphatic carbocycles. The van der Waals surface area contributed by atoms with Gasteiger partial charge in [-0.05, 0) is 12.1 Å². The molecule has 5 nitrogen and oxygen atoms in total. The van der Waals surface area contributed by atoms with Crippen LogP contribution in [-0.4, -0.2) is 33.6 Å². The molecular formula is C10H11N3O2. The average Bonchev–Trinajstić information content (AvgIpc) is 2.69. The Morgan fingerprint density at radius 2 is 2.40 bits per heavy atom. The van der Waals surface area contributed by atoms with E-state index in [9.17, 15) is 4.79 Å². The normalized spacial score (nSPS) is 10.5. The first-order chi connectivity index (χ1) is 7.33. The summed E-state index contributed by atoms with van der Waals surface area (Å²) < 4.78 is 1.70. The first-order valence-electron chi connectivity index (χ1n) is 4.64. The van der Waals surface area contributed by atoms with Crippen molar-refractivity contribution in [2.24, 2.45) is 0 Å². The van der Waals surface area contributed by atoms with Crippen molar-refractivity contribution in [1.29, 1.82) is 0 Å². The van der Waals surface area contributed by atoms with E-state index in [4.69, 9.17) is 5.11 Å². The minimum Gasteiger partial charge on any atom is -0.395 e. The maximum Gasteiger partial charge on any atom is 0.270 e. The van der Waals surface area contributed by atoms with Gasteiger partial charge in [-0.1, -0.05) is 6.07 Å². The van der Waals surface area contributed by atoms with E-state index in [1.54, 1.807) is 10.6 Å². The van der Waals surface area contributed by atoms with Crippen LogP contribution >= 0.6 is 0 Å². The van der Waals surface area contributed by atoms with Crippen molar-refractivity contribution in [1.82, 2.24) is 14.7 Å². The molecule has 0 saturated carbocycles. The van der Waals surface area contributed by atoms with Crippen LogP contribution in [0.5, 0.6) is 0 Å². The molecule has 0 fully saturated rings. The zero-order valence-corrected chi connectivity index (χ0v) is 8.05. The minimum atomic E-state index is -0.234. The number of fused-ring (bicyclic) bond motifs is 1. The number of carbonyl (C=O) groups excluding carboxylic acids is 1. The number of pyridine rings is 1. The first kappa shape index (κ1) is 9.67. The SMILES string of the molecule is O=C(NCCO)c1cnc2ccccn12. The second kappa shape index (κ2) is 4.10. The molecule has 1 amide bonds. The Morgan fingerprint density at radius 1 is 1.53 bits per heavy atom. The fourth-order valence-corrected chi connectivity index (χ4v) is 1.36. The highest BCUT2D eigenvalue weighted by Crippen LogP contribution is 2.05. The van der Waals surface area contributed by atoms with Gasteiger partial charge < -0.3 is 10.4 Å². The van der Waals surface area contributed by atoms with Crippen LogP contribution in [-0.2, 0) is 0 Å². The summed E-state index contributed by atoms with van der Waals surface area (Å²) in [6, 6.07) is 5.51. The highest BCUT2D eigenvalue weighted by Gasteiger charge is 2.10. The Hall–Kier alpha value is -1.88. The molecule has 0 spiro atoms. The first-order valence-corrected chi connectivity index (χ1v) is 4.64. The van der Waals surface area contributed by atoms with E-state index in [1.807, 2.05) is 18.2 Å². The lowest BCUT2D eigenvalue weighted by Crippen LogP contribution is -2.27. The van der Waals surface area contributed by atoms with Crippen LogP contribution in [0.2, 0.25) is 0 Å². The Bertz CT molecular complexity index is 478. The molecule has 5 heteroatoms. The highest BCUT2D eigenvalue weighted by molar-refractivity contribution is 5.93. The number of hydrogen-bond acceptors (Lipinski definition) is 3. The van der Waals surface area contributed by atoms with Gasteiger partial charge in [0.2, 0.25) is 0 Å². The minimum absolute atomic E-state index is 0.0670. The molecule has 0 unspecified atom stereocenters. The zero-order valence-electron chi connectivity index (χ0n) is 8.05. The van der Waals surface area contributed by atoms with Gasteiger partial charge in [-0.25, -0.2) is 4.98 Å². The van der Waals surface area contributed by atoms with Crippen molar-refractivity contribution in [3.8, 4) is 0 Å². The Morgan fingerprint density at radius 3 is 3.20 bits per heavy atom. The lowest BCUT2D eigenvalue weighted by molar-refractivity contribution is 0.0939. The third-order valence-corrected chi connectivity index (χ3v) is 2.05. The van der Waals surface area contributed by atoms with Crippen LogP contribution in [0.3, 0.4) is 0 Å². The summed E-state index contributed by atoms with van der Waals surface area (Å²) in [5, 5.41) is 11.2. The number of nitrogens with zero attached hydrogens (tertiary/aromatic N) is 2. The smallest absolute Gasteiger partial charge is 0.270 e. The summed E-state index contributed by atoms with van der Waals surface area (Å²) in [6.07, 6.45) is 3.29. The molecule has 0 aliphatic rings. The van der Waals surface area contributed by atoms with Crippen LogP contribution in [0.1, 0.15) is 10.5 Å². The molecule has 0 radical (unpaired) electrons. The van der Waals surface area contributed by atoms with Gasteiger partial charge in [0.1, 0.15) is 11.3 Å². The summed E-state index contributed by atoms with van der Waals surface area (Å²) in [5.41, 5.74) is 1.20. The average molecular weight is 205 g/mol. The number of carbonyl (C=O) groups is 1. The number of aliphatic hydroxyl groups is 1. The topological polar surface area (TPSA) is 66.6 Å². The van der Waals surface area contributed by atoms with Crippen LogP contribution in [0.4, 0.5) is 0 Å². The summed E-state index contributed by atoms with van der Waals surface area (Å²) in [4.78, 5) is 15.7. The molecule has 0 aliphatic heterocycles. The zero-order chi connectivity index (χ0) is 10.7. The van der Waals surface area contributed by atoms with Gasteiger partial charge >= 0.3 is 0 Å². The fourth-order valence-electron chi connectivity index (χ4n) is 1.36. The molecule has 0 bridgehead atoms. The number of nitrogens with one attached hydrogen (secondary N) is 1. The second-order valence-electron chi connectivity index (χ2n) is 3.05. The molecule has 15 heavy (non-hydrogen) atoms. The quantitative estimate of drug-likeness (QED) is 0.744. The van der Waals surface area contributed by atoms with E-state index in [0.29, 0.717) is 5.69 Å². The number of aliphatic hydroxyl groups excluding tert-OH is 1. The Labute approximate surface area is 86.4 Å². The van der Waals surface area contributed by atoms with Crippen LogP contribution in [0.25, 0.3) is 5.65 Å². The Kier molecular flexibility index (Phi) is 2.64. The monoisotopic (exact) mass is 205 g/mol. The van der Waals surface area contributed by atoms with E-state index >= 15 is 0 Å². The fraction of sp³-hybridized carbons (Fsp3) is 0.200. The summed E-state index contributed by atoms with van der Waals surface area (Å²) in [5.74, 6) is -0.234. The molecule has 2 rings (SSSR count). The standard InChI is InChI=1S/C10H11N3O2/c14-6-4-11-10(15)8-7-12-9-3-1-2-5-13(8)9/h1-3,5,7,14H,4,6H2,(H,11,15). The highest BCUT2D eigenvalue weighted by atomic mass is 16.3. The molecule has 2 heterocycles. The number of rotatable bonds is 3. The van der Waals surface area contributed by atoms with Crippen molar-refractivity contribution in [3.05, 3.63) is 36.3 Å². The molecular weight excluding hydrogens is 194 g/mol. The van der Waals surface area contributed by atoms with E-state index in [0.717, 1.165) is 5.65 Å². The molecule has 0 saturated heterocycles. The van der Waals surface area contributed by atoms with Gasteiger partial charge in [0.15, 0.2) is 0 Å². The van der Waals surface area contributed by atoms with Gasteiger partial charge in [0.05, 0.1) is 12.8 Å². The lowest BCUT2D eigenvalue weighted by atomic mass is 10.4. The van der Waals surface area contributed by atoms with Gasteiger partial charge in [0, 0.05) is 12.7 Å². The van der Waals surface area contributed by atoms with E-state index in [1.165, 1.54) is 6.20 Å². The largest absolute Gasteiger partial charge is 0.395 e. The molecule has 2 aromatic heterocycles. The van der Waals surface area contributed by atoms with E-state index in [2.05, 4.69) is 10.3 Å². The summed E-state index contributed by atoms with van der Waals surface area (Å²) in [6.45, 7) is 0.182. The van der Waals surface area contributed by atoms with Crippen molar-refractivity contribution in [2.75, 3.05) is 13.2 Å². The summed E-state index contributed by atoms with van der Waals surface area (Å²) in [7, 11) is 0. The maximum atomic E-state index is 11.6. The van der Waals surface area contributed by atoms with Crippen LogP contribution in [0, 0.1) is 0 Å². The second-order valence-corrected chi connectivity index (χ2v) is 3.05. The molecule has 78 valence electrons. The number of amides is 1. The Balaban J connectivity index is 2.31. The van der Waals surface area contributed by atoms with Gasteiger partial charge in [-0.3, -0.25) is 9.20 Å². The molecule has 2 N–H and O–H groups in total. The van der Waals surface area contributed by atoms with Crippen molar-refractivity contribution in [3.63, 3.8) is 0 Å². The van der Waals surface area contributed by atoms with Crippen molar-refractivity contribution >= 4 is 11.6 Å². The van der Waals surface area contributed by atoms with Crippen LogP contribution < -0.4 is 5.32 Å². The lowest BCUT2D eigenvalue weighted by Gasteiger charge is -2.02. The third kappa shape index (κ3) is 1.82. The number of hydrogen-bond donors (Lipinski definition) is 2. The maximum absolute atomic E-state index is 11.6. The third-order valence-electron chi connectivity index (χ3n) is 2.05. The number of aromatic nitrogens is 2. The van der Waals surface area contributed by atoms with E-state index < -0.39 is 0 Å². The molecule has 2 aromatic rings. The van der Waals surface area contributed by atoms with Crippen molar-refractivity contribution < 1.29 is 9.90 Å². The molecule has 0 aromatic carbocycles. The predicted octanol–water partition coefficient (Wildman–Crippen LogP) is 0.0564. The predicted molar refractivity (Wildman–Crippen MR) is 54.6 cm³/mol. The van der Waals surface area contributed by atoms with Gasteiger partial charge in [-0.2, -0.15) is 0 Å². The van der Waals surface area contributed by atoms with E-state index in [-0.39, 0.29) is 19.1 Å². The van der Waals surface area contributed by atoms with Gasteiger partial charge in [0.25, 0.3) is 5.91 Å². The van der Waals surface area contributed by atoms with Crippen LogP contribution in [0.15, 0.2) is 30.6 Å². The van der Waals surface area contributed by atoms with Gasteiger partial charge in [-0.15, -0.1) is 0 Å². The number of imidazole rings is 1. The molecule has 0 atom stereocenters. The summed E-state index contributed by atoms with van der Waals surface area (Å²) >= 11 is 0.